The number of pyridine rings is 1. The van der Waals surface area contributed by atoms with E-state index in [9.17, 15) is 12.8 Å². The van der Waals surface area contributed by atoms with Crippen molar-refractivity contribution in [2.75, 3.05) is 39.2 Å². The average Bonchev–Trinajstić information content (AvgIpc) is 2.94. The molecule has 3 heterocycles. The Balaban J connectivity index is 1.75. The molecule has 0 saturated carbocycles. The molecule has 2 aliphatic rings. The maximum atomic E-state index is 13.5. The number of rotatable bonds is 4. The molecule has 116 valence electrons. The van der Waals surface area contributed by atoms with Crippen molar-refractivity contribution < 1.29 is 22.3 Å². The molecule has 0 aliphatic carbocycles. The zero-order chi connectivity index (χ0) is 15.1. The van der Waals surface area contributed by atoms with Gasteiger partial charge in [0.15, 0.2) is 5.82 Å². The standard InChI is InChI=1S/C13H17FN2O4S/c1-21(17,18)16-5-10-6-19-8-13(10,7-16)9-20-12-11(14)3-2-4-15-12/h2-4,10H,5-9H2,1H3/t10-,13-/m1/s1. The number of hydrogen-bond acceptors (Lipinski definition) is 5. The van der Waals surface area contributed by atoms with Gasteiger partial charge in [0.05, 0.1) is 26.1 Å². The van der Waals surface area contributed by atoms with Crippen LogP contribution in [0.3, 0.4) is 0 Å². The first-order chi connectivity index (χ1) is 9.91. The second kappa shape index (κ2) is 5.19. The van der Waals surface area contributed by atoms with Crippen LogP contribution in [-0.2, 0) is 14.8 Å². The molecule has 0 bridgehead atoms. The highest BCUT2D eigenvalue weighted by atomic mass is 32.2. The fourth-order valence-electron chi connectivity index (χ4n) is 2.93. The molecule has 0 unspecified atom stereocenters. The first kappa shape index (κ1) is 14.7. The Labute approximate surface area is 122 Å². The lowest BCUT2D eigenvalue weighted by atomic mass is 9.82. The largest absolute Gasteiger partial charge is 0.475 e. The Hall–Kier alpha value is -1.25. The molecule has 6 nitrogen and oxygen atoms in total. The summed E-state index contributed by atoms with van der Waals surface area (Å²) in [6, 6.07) is 2.77. The van der Waals surface area contributed by atoms with E-state index in [0.29, 0.717) is 26.3 Å². The van der Waals surface area contributed by atoms with Crippen LogP contribution in [0.1, 0.15) is 0 Å². The van der Waals surface area contributed by atoms with Gasteiger partial charge in [-0.15, -0.1) is 0 Å². The summed E-state index contributed by atoms with van der Waals surface area (Å²) < 4.78 is 49.4. The zero-order valence-corrected chi connectivity index (χ0v) is 12.5. The molecule has 1 aromatic heterocycles. The molecule has 0 spiro atoms. The normalized spacial score (nSPS) is 29.5. The van der Waals surface area contributed by atoms with E-state index in [2.05, 4.69) is 4.98 Å². The van der Waals surface area contributed by atoms with Crippen LogP contribution in [0.15, 0.2) is 18.3 Å². The summed E-state index contributed by atoms with van der Waals surface area (Å²) in [7, 11) is -3.24. The van der Waals surface area contributed by atoms with Crippen molar-refractivity contribution >= 4 is 10.0 Å². The summed E-state index contributed by atoms with van der Waals surface area (Å²) in [5.41, 5.74) is -0.424. The number of aromatic nitrogens is 1. The van der Waals surface area contributed by atoms with Gasteiger partial charge < -0.3 is 9.47 Å². The van der Waals surface area contributed by atoms with Crippen molar-refractivity contribution in [1.29, 1.82) is 0 Å². The highest BCUT2D eigenvalue weighted by molar-refractivity contribution is 7.88. The molecule has 2 aliphatic heterocycles. The van der Waals surface area contributed by atoms with Gasteiger partial charge in [-0.3, -0.25) is 0 Å². The smallest absolute Gasteiger partial charge is 0.250 e. The maximum Gasteiger partial charge on any atom is 0.250 e. The van der Waals surface area contributed by atoms with Crippen LogP contribution in [0, 0.1) is 17.2 Å². The molecule has 1 aromatic rings. The third-order valence-electron chi connectivity index (χ3n) is 4.18. The Morgan fingerprint density at radius 3 is 3.14 bits per heavy atom. The van der Waals surface area contributed by atoms with Crippen LogP contribution >= 0.6 is 0 Å². The van der Waals surface area contributed by atoms with Crippen LogP contribution < -0.4 is 4.74 Å². The van der Waals surface area contributed by atoms with Crippen LogP contribution in [0.25, 0.3) is 0 Å². The van der Waals surface area contributed by atoms with Crippen molar-refractivity contribution in [2.24, 2.45) is 11.3 Å². The predicted molar refractivity (Wildman–Crippen MR) is 72.8 cm³/mol. The second-order valence-corrected chi connectivity index (χ2v) is 7.69. The Morgan fingerprint density at radius 2 is 2.43 bits per heavy atom. The summed E-state index contributed by atoms with van der Waals surface area (Å²) >= 11 is 0. The van der Waals surface area contributed by atoms with E-state index in [1.54, 1.807) is 0 Å². The van der Waals surface area contributed by atoms with Crippen molar-refractivity contribution in [3.05, 3.63) is 24.1 Å². The number of sulfonamides is 1. The predicted octanol–water partition coefficient (Wildman–Crippen LogP) is 0.507. The minimum atomic E-state index is -3.24. The third-order valence-corrected chi connectivity index (χ3v) is 5.40. The molecule has 0 radical (unpaired) electrons. The van der Waals surface area contributed by atoms with Crippen LogP contribution in [0.5, 0.6) is 5.88 Å². The molecule has 21 heavy (non-hydrogen) atoms. The monoisotopic (exact) mass is 316 g/mol. The number of nitrogens with zero attached hydrogens (tertiary/aromatic N) is 2. The summed E-state index contributed by atoms with van der Waals surface area (Å²) in [6.45, 7) is 1.87. The van der Waals surface area contributed by atoms with E-state index in [1.807, 2.05) is 0 Å². The van der Waals surface area contributed by atoms with E-state index >= 15 is 0 Å². The van der Waals surface area contributed by atoms with Crippen molar-refractivity contribution in [3.63, 3.8) is 0 Å². The van der Waals surface area contributed by atoms with E-state index in [-0.39, 0.29) is 18.4 Å². The summed E-state index contributed by atoms with van der Waals surface area (Å²) in [5, 5.41) is 0. The molecule has 0 aromatic carbocycles. The summed E-state index contributed by atoms with van der Waals surface area (Å²) in [5.74, 6) is -0.517. The highest BCUT2D eigenvalue weighted by Gasteiger charge is 2.53. The number of halogens is 1. The first-order valence-electron chi connectivity index (χ1n) is 6.67. The lowest BCUT2D eigenvalue weighted by Crippen LogP contribution is -2.38. The third kappa shape index (κ3) is 2.75. The minimum Gasteiger partial charge on any atom is -0.475 e. The Morgan fingerprint density at radius 1 is 1.62 bits per heavy atom. The van der Waals surface area contributed by atoms with Gasteiger partial charge in [0.2, 0.25) is 15.9 Å². The fourth-order valence-corrected chi connectivity index (χ4v) is 3.87. The lowest BCUT2D eigenvalue weighted by Gasteiger charge is -2.26. The van der Waals surface area contributed by atoms with Gasteiger partial charge >= 0.3 is 0 Å². The molecule has 0 N–H and O–H groups in total. The maximum absolute atomic E-state index is 13.5. The zero-order valence-electron chi connectivity index (χ0n) is 11.7. The molecule has 2 fully saturated rings. The summed E-state index contributed by atoms with van der Waals surface area (Å²) in [6.07, 6.45) is 2.65. The van der Waals surface area contributed by atoms with Gasteiger partial charge in [0, 0.05) is 30.6 Å². The minimum absolute atomic E-state index is 0.0599. The van der Waals surface area contributed by atoms with Gasteiger partial charge in [-0.25, -0.2) is 22.1 Å². The van der Waals surface area contributed by atoms with E-state index < -0.39 is 21.3 Å². The second-order valence-electron chi connectivity index (χ2n) is 5.71. The topological polar surface area (TPSA) is 68.7 Å². The average molecular weight is 316 g/mol. The number of ether oxygens (including phenoxy) is 2. The Bertz CT molecular complexity index is 639. The number of fused-ring (bicyclic) bond motifs is 1. The molecule has 8 heteroatoms. The number of hydrogen-bond donors (Lipinski definition) is 0. The Kier molecular flexibility index (Phi) is 3.62. The quantitative estimate of drug-likeness (QED) is 0.809. The van der Waals surface area contributed by atoms with E-state index in [0.717, 1.165) is 0 Å². The van der Waals surface area contributed by atoms with Crippen molar-refractivity contribution in [3.8, 4) is 5.88 Å². The van der Waals surface area contributed by atoms with Gasteiger partial charge in [0.25, 0.3) is 0 Å². The van der Waals surface area contributed by atoms with Gasteiger partial charge in [0.1, 0.15) is 0 Å². The van der Waals surface area contributed by atoms with Crippen molar-refractivity contribution in [1.82, 2.24) is 9.29 Å². The lowest BCUT2D eigenvalue weighted by molar-refractivity contribution is 0.0969. The van der Waals surface area contributed by atoms with Gasteiger partial charge in [-0.2, -0.15) is 0 Å². The van der Waals surface area contributed by atoms with Gasteiger partial charge in [-0.05, 0) is 12.1 Å². The summed E-state index contributed by atoms with van der Waals surface area (Å²) in [4.78, 5) is 3.85. The van der Waals surface area contributed by atoms with Crippen LogP contribution in [-0.4, -0.2) is 56.9 Å². The SMILES string of the molecule is CS(=O)(=O)N1C[C@@H]2COC[C@@]2(COc2ncccc2F)C1. The van der Waals surface area contributed by atoms with Gasteiger partial charge in [-0.1, -0.05) is 0 Å². The van der Waals surface area contributed by atoms with E-state index in [1.165, 1.54) is 28.9 Å². The molecular formula is C13H17FN2O4S. The fraction of sp³-hybridized carbons (Fsp3) is 0.615. The highest BCUT2D eigenvalue weighted by Crippen LogP contribution is 2.42. The van der Waals surface area contributed by atoms with Crippen LogP contribution in [0.2, 0.25) is 0 Å². The molecule has 2 saturated heterocycles. The van der Waals surface area contributed by atoms with E-state index in [4.69, 9.17) is 9.47 Å². The van der Waals surface area contributed by atoms with Crippen molar-refractivity contribution in [2.45, 2.75) is 0 Å². The molecular weight excluding hydrogens is 299 g/mol. The van der Waals surface area contributed by atoms with Crippen LogP contribution in [0.4, 0.5) is 4.39 Å². The molecule has 3 rings (SSSR count). The molecule has 0 amide bonds. The molecule has 2 atom stereocenters. The first-order valence-corrected chi connectivity index (χ1v) is 8.52.